The largest absolute Gasteiger partial charge is 0.493 e. The van der Waals surface area contributed by atoms with Gasteiger partial charge in [-0.3, -0.25) is 0 Å². The molecular weight excluding hydrogens is 337 g/mol. The van der Waals surface area contributed by atoms with Gasteiger partial charge in [-0.1, -0.05) is 28.1 Å². The molecule has 0 radical (unpaired) electrons. The average Bonchev–Trinajstić information content (AvgIpc) is 2.49. The molecule has 21 heavy (non-hydrogen) atoms. The van der Waals surface area contributed by atoms with Gasteiger partial charge in [0.05, 0.1) is 20.3 Å². The Kier molecular flexibility index (Phi) is 4.85. The van der Waals surface area contributed by atoms with Crippen molar-refractivity contribution in [1.82, 2.24) is 0 Å². The molecule has 0 aliphatic heterocycles. The fourth-order valence-corrected chi connectivity index (χ4v) is 2.72. The molecule has 0 fully saturated rings. The molecule has 0 bridgehead atoms. The van der Waals surface area contributed by atoms with Crippen molar-refractivity contribution in [3.63, 3.8) is 0 Å². The van der Waals surface area contributed by atoms with E-state index in [4.69, 9.17) is 15.2 Å². The van der Waals surface area contributed by atoms with Gasteiger partial charge in [-0.25, -0.2) is 4.39 Å². The highest BCUT2D eigenvalue weighted by molar-refractivity contribution is 9.10. The van der Waals surface area contributed by atoms with Gasteiger partial charge in [0.2, 0.25) is 0 Å². The maximum Gasteiger partial charge on any atom is 0.161 e. The lowest BCUT2D eigenvalue weighted by Crippen LogP contribution is -2.13. The lowest BCUT2D eigenvalue weighted by molar-refractivity contribution is 0.354. The number of nitrogens with two attached hydrogens (primary N) is 1. The van der Waals surface area contributed by atoms with E-state index in [1.807, 2.05) is 12.1 Å². The highest BCUT2D eigenvalue weighted by atomic mass is 79.9. The molecule has 3 nitrogen and oxygen atoms in total. The summed E-state index contributed by atoms with van der Waals surface area (Å²) in [4.78, 5) is 0. The van der Waals surface area contributed by atoms with E-state index in [2.05, 4.69) is 15.9 Å². The van der Waals surface area contributed by atoms with Gasteiger partial charge in [-0.2, -0.15) is 0 Å². The first-order valence-corrected chi connectivity index (χ1v) is 7.20. The van der Waals surface area contributed by atoms with Crippen LogP contribution in [0.3, 0.4) is 0 Å². The summed E-state index contributed by atoms with van der Waals surface area (Å²) < 4.78 is 24.7. The summed E-state index contributed by atoms with van der Waals surface area (Å²) >= 11 is 3.49. The third-order valence-corrected chi connectivity index (χ3v) is 4.07. The van der Waals surface area contributed by atoms with Crippen molar-refractivity contribution in [3.8, 4) is 11.5 Å². The molecule has 0 saturated heterocycles. The summed E-state index contributed by atoms with van der Waals surface area (Å²) in [6.45, 7) is 1.72. The van der Waals surface area contributed by atoms with E-state index < -0.39 is 6.04 Å². The number of rotatable bonds is 4. The van der Waals surface area contributed by atoms with E-state index in [1.165, 1.54) is 6.07 Å². The number of hydrogen-bond acceptors (Lipinski definition) is 3. The predicted molar refractivity (Wildman–Crippen MR) is 84.4 cm³/mol. The minimum absolute atomic E-state index is 0.239. The molecule has 0 aliphatic carbocycles. The Labute approximate surface area is 132 Å². The van der Waals surface area contributed by atoms with E-state index in [0.717, 1.165) is 15.6 Å². The quantitative estimate of drug-likeness (QED) is 0.904. The molecule has 1 atom stereocenters. The maximum absolute atomic E-state index is 13.4. The van der Waals surface area contributed by atoms with Crippen molar-refractivity contribution in [2.24, 2.45) is 5.73 Å². The zero-order chi connectivity index (χ0) is 15.6. The number of benzene rings is 2. The Morgan fingerprint density at radius 2 is 1.71 bits per heavy atom. The second kappa shape index (κ2) is 6.45. The van der Waals surface area contributed by atoms with Crippen LogP contribution >= 0.6 is 15.9 Å². The molecule has 0 aliphatic rings. The first-order chi connectivity index (χ1) is 9.97. The summed E-state index contributed by atoms with van der Waals surface area (Å²) in [6, 6.07) is 8.12. The molecule has 2 aromatic carbocycles. The number of methoxy groups -OCH3 is 2. The van der Waals surface area contributed by atoms with Gasteiger partial charge < -0.3 is 15.2 Å². The molecule has 2 rings (SSSR count). The van der Waals surface area contributed by atoms with Crippen LogP contribution in [-0.4, -0.2) is 14.2 Å². The van der Waals surface area contributed by atoms with E-state index in [-0.39, 0.29) is 5.82 Å². The molecule has 5 heteroatoms. The van der Waals surface area contributed by atoms with Gasteiger partial charge in [0, 0.05) is 4.47 Å². The van der Waals surface area contributed by atoms with Crippen molar-refractivity contribution in [3.05, 3.63) is 57.3 Å². The highest BCUT2D eigenvalue weighted by Crippen LogP contribution is 2.37. The summed E-state index contributed by atoms with van der Waals surface area (Å²) in [7, 11) is 3.15. The summed E-state index contributed by atoms with van der Waals surface area (Å²) in [5, 5.41) is 0. The lowest BCUT2D eigenvalue weighted by atomic mass is 9.97. The molecule has 2 N–H and O–H groups in total. The fraction of sp³-hybridized carbons (Fsp3) is 0.250. The summed E-state index contributed by atoms with van der Waals surface area (Å²) in [5.41, 5.74) is 8.55. The van der Waals surface area contributed by atoms with E-state index in [0.29, 0.717) is 17.1 Å². The van der Waals surface area contributed by atoms with Gasteiger partial charge in [-0.15, -0.1) is 0 Å². The van der Waals surface area contributed by atoms with Gasteiger partial charge in [0.25, 0.3) is 0 Å². The molecule has 0 spiro atoms. The van der Waals surface area contributed by atoms with Gasteiger partial charge >= 0.3 is 0 Å². The monoisotopic (exact) mass is 353 g/mol. The van der Waals surface area contributed by atoms with Crippen molar-refractivity contribution in [1.29, 1.82) is 0 Å². The van der Waals surface area contributed by atoms with Crippen LogP contribution in [0.1, 0.15) is 22.7 Å². The molecule has 0 aromatic heterocycles. The molecule has 0 heterocycles. The van der Waals surface area contributed by atoms with Crippen LogP contribution in [0.5, 0.6) is 11.5 Å². The van der Waals surface area contributed by atoms with Crippen molar-refractivity contribution in [2.75, 3.05) is 14.2 Å². The Morgan fingerprint density at radius 3 is 2.29 bits per heavy atom. The SMILES string of the molecule is COc1cc(Br)c(C(N)c2ccc(F)c(C)c2)cc1OC. The van der Waals surface area contributed by atoms with Crippen molar-refractivity contribution >= 4 is 15.9 Å². The number of ether oxygens (including phenoxy) is 2. The Hall–Kier alpha value is -1.59. The average molecular weight is 354 g/mol. The normalized spacial score (nSPS) is 12.1. The van der Waals surface area contributed by atoms with E-state index in [9.17, 15) is 4.39 Å². The van der Waals surface area contributed by atoms with Crippen LogP contribution in [0.4, 0.5) is 4.39 Å². The number of halogens is 2. The molecule has 2 aromatic rings. The van der Waals surface area contributed by atoms with Gasteiger partial charge in [-0.05, 0) is 41.8 Å². The maximum atomic E-state index is 13.4. The predicted octanol–water partition coefficient (Wildman–Crippen LogP) is 3.96. The molecular formula is C16H17BrFNO2. The second-order valence-corrected chi connectivity index (χ2v) is 5.57. The summed E-state index contributed by atoms with van der Waals surface area (Å²) in [5.74, 6) is 0.984. The minimum Gasteiger partial charge on any atom is -0.493 e. The van der Waals surface area contributed by atoms with Crippen molar-refractivity contribution in [2.45, 2.75) is 13.0 Å². The van der Waals surface area contributed by atoms with Crippen LogP contribution in [-0.2, 0) is 0 Å². The third kappa shape index (κ3) is 3.19. The first-order valence-electron chi connectivity index (χ1n) is 6.41. The first kappa shape index (κ1) is 15.8. The van der Waals surface area contributed by atoms with E-state index in [1.54, 1.807) is 33.3 Å². The number of hydrogen-bond donors (Lipinski definition) is 1. The Bertz CT molecular complexity index is 661. The highest BCUT2D eigenvalue weighted by Gasteiger charge is 2.17. The van der Waals surface area contributed by atoms with Gasteiger partial charge in [0.15, 0.2) is 11.5 Å². The smallest absolute Gasteiger partial charge is 0.161 e. The van der Waals surface area contributed by atoms with Crippen LogP contribution < -0.4 is 15.2 Å². The molecule has 1 unspecified atom stereocenters. The number of aryl methyl sites for hydroxylation is 1. The molecule has 112 valence electrons. The second-order valence-electron chi connectivity index (χ2n) is 4.71. The van der Waals surface area contributed by atoms with Crippen LogP contribution in [0, 0.1) is 12.7 Å². The van der Waals surface area contributed by atoms with Crippen LogP contribution in [0.2, 0.25) is 0 Å². The lowest BCUT2D eigenvalue weighted by Gasteiger charge is -2.18. The minimum atomic E-state index is -0.390. The van der Waals surface area contributed by atoms with Crippen LogP contribution in [0.25, 0.3) is 0 Å². The zero-order valence-electron chi connectivity index (χ0n) is 12.1. The Balaban J connectivity index is 2.47. The summed E-state index contributed by atoms with van der Waals surface area (Å²) in [6.07, 6.45) is 0. The molecule has 0 amide bonds. The third-order valence-electron chi connectivity index (χ3n) is 3.38. The van der Waals surface area contributed by atoms with Crippen LogP contribution in [0.15, 0.2) is 34.8 Å². The van der Waals surface area contributed by atoms with E-state index >= 15 is 0 Å². The van der Waals surface area contributed by atoms with Gasteiger partial charge in [0.1, 0.15) is 5.82 Å². The van der Waals surface area contributed by atoms with Crippen molar-refractivity contribution < 1.29 is 13.9 Å². The standard InChI is InChI=1S/C16H17BrFNO2/c1-9-6-10(4-5-13(9)18)16(19)11-7-14(20-2)15(21-3)8-12(11)17/h4-8,16H,19H2,1-3H3. The topological polar surface area (TPSA) is 44.5 Å². The zero-order valence-corrected chi connectivity index (χ0v) is 13.7. The fourth-order valence-electron chi connectivity index (χ4n) is 2.15. The molecule has 0 saturated carbocycles. The Morgan fingerprint density at radius 1 is 1.10 bits per heavy atom.